The topological polar surface area (TPSA) is 49.5 Å². The van der Waals surface area contributed by atoms with Crippen LogP contribution in [0.2, 0.25) is 0 Å². The van der Waals surface area contributed by atoms with Crippen molar-refractivity contribution in [3.05, 3.63) is 65.6 Å². The SMILES string of the molecule is OCC(CN1CCC(c2noc3cc(F)ccc23)CC1)c1ccccc1. The summed E-state index contributed by atoms with van der Waals surface area (Å²) in [5.74, 6) is 0.178. The molecule has 1 aromatic heterocycles. The zero-order valence-corrected chi connectivity index (χ0v) is 14.6. The van der Waals surface area contributed by atoms with Gasteiger partial charge in [-0.1, -0.05) is 35.5 Å². The van der Waals surface area contributed by atoms with Crippen molar-refractivity contribution in [2.24, 2.45) is 0 Å². The van der Waals surface area contributed by atoms with Gasteiger partial charge in [0.1, 0.15) is 5.82 Å². The molecule has 0 bridgehead atoms. The average molecular weight is 354 g/mol. The molecular formula is C21H23FN2O2. The Balaban J connectivity index is 1.40. The van der Waals surface area contributed by atoms with Gasteiger partial charge in [0, 0.05) is 29.8 Å². The molecular weight excluding hydrogens is 331 g/mol. The normalized spacial score (nSPS) is 17.6. The van der Waals surface area contributed by atoms with Crippen LogP contribution in [0.1, 0.15) is 35.9 Å². The Morgan fingerprint density at radius 2 is 1.92 bits per heavy atom. The summed E-state index contributed by atoms with van der Waals surface area (Å²) in [7, 11) is 0. The smallest absolute Gasteiger partial charge is 0.170 e. The Hall–Kier alpha value is -2.24. The molecule has 2 aromatic carbocycles. The maximum absolute atomic E-state index is 13.3. The summed E-state index contributed by atoms with van der Waals surface area (Å²) in [6.45, 7) is 2.94. The third-order valence-electron chi connectivity index (χ3n) is 5.41. The van der Waals surface area contributed by atoms with Gasteiger partial charge in [-0.15, -0.1) is 0 Å². The predicted molar refractivity (Wildman–Crippen MR) is 98.7 cm³/mol. The third-order valence-corrected chi connectivity index (χ3v) is 5.41. The molecule has 0 aliphatic carbocycles. The standard InChI is InChI=1S/C21H23FN2O2/c22-18-6-7-19-20(12-18)26-23-21(19)16-8-10-24(11-9-16)13-17(14-25)15-4-2-1-3-5-15/h1-7,12,16-17,25H,8-11,13-14H2. The van der Waals surface area contributed by atoms with E-state index < -0.39 is 0 Å². The Morgan fingerprint density at radius 1 is 1.15 bits per heavy atom. The molecule has 1 N–H and O–H groups in total. The van der Waals surface area contributed by atoms with Gasteiger partial charge in [0.25, 0.3) is 0 Å². The summed E-state index contributed by atoms with van der Waals surface area (Å²) < 4.78 is 18.6. The van der Waals surface area contributed by atoms with Crippen LogP contribution in [-0.2, 0) is 0 Å². The van der Waals surface area contributed by atoms with Gasteiger partial charge in [-0.2, -0.15) is 0 Å². The Kier molecular flexibility index (Phi) is 5.00. The fourth-order valence-corrected chi connectivity index (χ4v) is 3.92. The van der Waals surface area contributed by atoms with Crippen LogP contribution in [0.3, 0.4) is 0 Å². The minimum Gasteiger partial charge on any atom is -0.396 e. The molecule has 3 aromatic rings. The average Bonchev–Trinajstić information content (AvgIpc) is 3.10. The molecule has 136 valence electrons. The van der Waals surface area contributed by atoms with Gasteiger partial charge in [-0.25, -0.2) is 4.39 Å². The summed E-state index contributed by atoms with van der Waals surface area (Å²) in [5, 5.41) is 14.9. The molecule has 1 aliphatic rings. The van der Waals surface area contributed by atoms with Crippen LogP contribution in [0.25, 0.3) is 11.0 Å². The molecule has 0 saturated carbocycles. The number of rotatable bonds is 5. The van der Waals surface area contributed by atoms with E-state index in [0.29, 0.717) is 11.5 Å². The Bertz CT molecular complexity index is 857. The van der Waals surface area contributed by atoms with Crippen LogP contribution in [0, 0.1) is 5.82 Å². The Labute approximate surface area is 152 Å². The number of halogens is 1. The second kappa shape index (κ2) is 7.56. The number of piperidine rings is 1. The van der Waals surface area contributed by atoms with Crippen molar-refractivity contribution in [3.63, 3.8) is 0 Å². The van der Waals surface area contributed by atoms with Crippen molar-refractivity contribution in [1.82, 2.24) is 10.1 Å². The molecule has 1 atom stereocenters. The van der Waals surface area contributed by atoms with Crippen molar-refractivity contribution < 1.29 is 14.0 Å². The highest BCUT2D eigenvalue weighted by Crippen LogP contribution is 2.33. The molecule has 0 amide bonds. The molecule has 4 nitrogen and oxygen atoms in total. The highest BCUT2D eigenvalue weighted by atomic mass is 19.1. The summed E-state index contributed by atoms with van der Waals surface area (Å²) in [6.07, 6.45) is 1.98. The van der Waals surface area contributed by atoms with E-state index in [-0.39, 0.29) is 18.3 Å². The number of hydrogen-bond acceptors (Lipinski definition) is 4. The molecule has 2 heterocycles. The summed E-state index contributed by atoms with van der Waals surface area (Å²) in [6, 6.07) is 14.8. The number of aliphatic hydroxyl groups excluding tert-OH is 1. The predicted octanol–water partition coefficient (Wildman–Crippen LogP) is 3.92. The van der Waals surface area contributed by atoms with Gasteiger partial charge in [-0.05, 0) is 43.6 Å². The molecule has 26 heavy (non-hydrogen) atoms. The van der Waals surface area contributed by atoms with E-state index in [0.717, 1.165) is 43.6 Å². The van der Waals surface area contributed by atoms with E-state index in [1.807, 2.05) is 18.2 Å². The maximum Gasteiger partial charge on any atom is 0.170 e. The Morgan fingerprint density at radius 3 is 2.65 bits per heavy atom. The lowest BCUT2D eigenvalue weighted by Gasteiger charge is -2.33. The zero-order valence-electron chi connectivity index (χ0n) is 14.6. The number of fused-ring (bicyclic) bond motifs is 1. The molecule has 1 aliphatic heterocycles. The molecule has 1 unspecified atom stereocenters. The van der Waals surface area contributed by atoms with E-state index in [1.165, 1.54) is 17.7 Å². The monoisotopic (exact) mass is 354 g/mol. The zero-order chi connectivity index (χ0) is 17.9. The second-order valence-electron chi connectivity index (χ2n) is 7.07. The highest BCUT2D eigenvalue weighted by Gasteiger charge is 2.26. The number of nitrogens with zero attached hydrogens (tertiary/aromatic N) is 2. The fraction of sp³-hybridized carbons (Fsp3) is 0.381. The van der Waals surface area contributed by atoms with Crippen LogP contribution >= 0.6 is 0 Å². The molecule has 5 heteroatoms. The minimum absolute atomic E-state index is 0.142. The number of aliphatic hydroxyl groups is 1. The van der Waals surface area contributed by atoms with Gasteiger partial charge in [0.2, 0.25) is 0 Å². The van der Waals surface area contributed by atoms with E-state index in [9.17, 15) is 9.50 Å². The number of hydrogen-bond donors (Lipinski definition) is 1. The van der Waals surface area contributed by atoms with Crippen molar-refractivity contribution in [1.29, 1.82) is 0 Å². The lowest BCUT2D eigenvalue weighted by atomic mass is 9.90. The lowest BCUT2D eigenvalue weighted by molar-refractivity contribution is 0.168. The van der Waals surface area contributed by atoms with Gasteiger partial charge in [0.05, 0.1) is 12.3 Å². The fourth-order valence-electron chi connectivity index (χ4n) is 3.92. The molecule has 1 fully saturated rings. The van der Waals surface area contributed by atoms with Gasteiger partial charge in [-0.3, -0.25) is 0 Å². The van der Waals surface area contributed by atoms with Crippen molar-refractivity contribution in [2.45, 2.75) is 24.7 Å². The van der Waals surface area contributed by atoms with Crippen LogP contribution < -0.4 is 0 Å². The summed E-state index contributed by atoms with van der Waals surface area (Å²) in [4.78, 5) is 2.41. The first-order valence-corrected chi connectivity index (χ1v) is 9.17. The van der Waals surface area contributed by atoms with E-state index >= 15 is 0 Å². The lowest BCUT2D eigenvalue weighted by Crippen LogP contribution is -2.36. The van der Waals surface area contributed by atoms with Crippen LogP contribution in [-0.4, -0.2) is 41.4 Å². The first-order valence-electron chi connectivity index (χ1n) is 9.17. The summed E-state index contributed by atoms with van der Waals surface area (Å²) >= 11 is 0. The van der Waals surface area contributed by atoms with Gasteiger partial charge >= 0.3 is 0 Å². The van der Waals surface area contributed by atoms with E-state index in [1.54, 1.807) is 6.07 Å². The largest absolute Gasteiger partial charge is 0.396 e. The summed E-state index contributed by atoms with van der Waals surface area (Å²) in [5.41, 5.74) is 2.65. The van der Waals surface area contributed by atoms with Gasteiger partial charge in [0.15, 0.2) is 5.58 Å². The van der Waals surface area contributed by atoms with E-state index in [2.05, 4.69) is 22.2 Å². The second-order valence-corrected chi connectivity index (χ2v) is 7.07. The number of benzene rings is 2. The molecule has 0 spiro atoms. The quantitative estimate of drug-likeness (QED) is 0.754. The van der Waals surface area contributed by atoms with Crippen LogP contribution in [0.15, 0.2) is 53.1 Å². The van der Waals surface area contributed by atoms with Crippen molar-refractivity contribution in [3.8, 4) is 0 Å². The third kappa shape index (κ3) is 3.50. The van der Waals surface area contributed by atoms with Gasteiger partial charge < -0.3 is 14.5 Å². The highest BCUT2D eigenvalue weighted by molar-refractivity contribution is 5.79. The molecule has 1 saturated heterocycles. The number of likely N-dealkylation sites (tertiary alicyclic amines) is 1. The van der Waals surface area contributed by atoms with Crippen molar-refractivity contribution in [2.75, 3.05) is 26.2 Å². The maximum atomic E-state index is 13.3. The molecule has 4 rings (SSSR count). The van der Waals surface area contributed by atoms with E-state index in [4.69, 9.17) is 4.52 Å². The molecule has 0 radical (unpaired) electrons. The number of aromatic nitrogens is 1. The minimum atomic E-state index is -0.300. The first kappa shape index (κ1) is 17.2. The van der Waals surface area contributed by atoms with Crippen LogP contribution in [0.4, 0.5) is 4.39 Å². The first-order chi connectivity index (χ1) is 12.7. The van der Waals surface area contributed by atoms with Crippen LogP contribution in [0.5, 0.6) is 0 Å². The van der Waals surface area contributed by atoms with Crippen molar-refractivity contribution >= 4 is 11.0 Å².